The van der Waals surface area contributed by atoms with Gasteiger partial charge in [0, 0.05) is 6.61 Å². The molecule has 0 aromatic rings. The van der Waals surface area contributed by atoms with Crippen LogP contribution in [-0.4, -0.2) is 11.7 Å². The lowest BCUT2D eigenvalue weighted by Gasteiger charge is -2.16. The molecule has 10 heavy (non-hydrogen) atoms. The summed E-state index contributed by atoms with van der Waals surface area (Å²) < 4.78 is 0. The smallest absolute Gasteiger partial charge is 0.0433 e. The van der Waals surface area contributed by atoms with Gasteiger partial charge >= 0.3 is 0 Å². The number of aliphatic hydroxyl groups is 1. The molecule has 0 aromatic heterocycles. The predicted octanol–water partition coefficient (Wildman–Crippen LogP) is 2.20. The SMILES string of the molecule is CC1(C)CC[C@@H](CCO)C1. The first-order chi connectivity index (χ1) is 4.64. The van der Waals surface area contributed by atoms with E-state index < -0.39 is 0 Å². The van der Waals surface area contributed by atoms with Gasteiger partial charge in [-0.15, -0.1) is 0 Å². The second-order valence-electron chi connectivity index (χ2n) is 4.29. The second kappa shape index (κ2) is 2.91. The Balaban J connectivity index is 2.29. The van der Waals surface area contributed by atoms with Crippen molar-refractivity contribution in [3.63, 3.8) is 0 Å². The van der Waals surface area contributed by atoms with E-state index in [1.807, 2.05) is 0 Å². The zero-order valence-electron chi connectivity index (χ0n) is 7.06. The topological polar surface area (TPSA) is 20.2 Å². The molecule has 0 radical (unpaired) electrons. The molecule has 0 unspecified atom stereocenters. The Morgan fingerprint density at radius 1 is 1.50 bits per heavy atom. The highest BCUT2D eigenvalue weighted by atomic mass is 16.3. The molecule has 0 heterocycles. The van der Waals surface area contributed by atoms with Gasteiger partial charge in [0.2, 0.25) is 0 Å². The first kappa shape index (κ1) is 8.06. The molecule has 0 aliphatic heterocycles. The average molecular weight is 142 g/mol. The van der Waals surface area contributed by atoms with Crippen molar-refractivity contribution >= 4 is 0 Å². The quantitative estimate of drug-likeness (QED) is 0.626. The van der Waals surface area contributed by atoms with E-state index in [0.29, 0.717) is 12.0 Å². The van der Waals surface area contributed by atoms with Crippen LogP contribution in [0.1, 0.15) is 39.5 Å². The Kier molecular flexibility index (Phi) is 2.35. The van der Waals surface area contributed by atoms with Crippen LogP contribution in [0.25, 0.3) is 0 Å². The predicted molar refractivity (Wildman–Crippen MR) is 42.8 cm³/mol. The van der Waals surface area contributed by atoms with Crippen molar-refractivity contribution in [1.29, 1.82) is 0 Å². The molecule has 1 rings (SSSR count). The van der Waals surface area contributed by atoms with E-state index in [-0.39, 0.29) is 0 Å². The molecule has 1 aliphatic carbocycles. The summed E-state index contributed by atoms with van der Waals surface area (Å²) in [6.07, 6.45) is 5.00. The summed E-state index contributed by atoms with van der Waals surface area (Å²) in [6.45, 7) is 5.02. The Labute approximate surface area is 63.4 Å². The molecular formula is C9H18O. The maximum absolute atomic E-state index is 8.70. The maximum atomic E-state index is 8.70. The first-order valence-electron chi connectivity index (χ1n) is 4.25. The lowest BCUT2D eigenvalue weighted by molar-refractivity contribution is 0.250. The zero-order chi connectivity index (χ0) is 7.61. The van der Waals surface area contributed by atoms with Gasteiger partial charge in [-0.25, -0.2) is 0 Å². The van der Waals surface area contributed by atoms with Gasteiger partial charge < -0.3 is 5.11 Å². The van der Waals surface area contributed by atoms with Crippen LogP contribution in [0, 0.1) is 11.3 Å². The third kappa shape index (κ3) is 1.98. The molecule has 0 saturated heterocycles. The minimum atomic E-state index is 0.376. The molecule has 1 aliphatic rings. The third-order valence-electron chi connectivity index (χ3n) is 2.61. The molecule has 1 heteroatoms. The van der Waals surface area contributed by atoms with Crippen molar-refractivity contribution in [2.75, 3.05) is 6.61 Å². The van der Waals surface area contributed by atoms with Gasteiger partial charge in [0.05, 0.1) is 0 Å². The largest absolute Gasteiger partial charge is 0.396 e. The van der Waals surface area contributed by atoms with E-state index in [0.717, 1.165) is 12.3 Å². The molecule has 1 saturated carbocycles. The molecule has 0 aromatic carbocycles. The fourth-order valence-corrected chi connectivity index (χ4v) is 2.01. The summed E-state index contributed by atoms with van der Waals surface area (Å²) in [4.78, 5) is 0. The molecule has 1 N–H and O–H groups in total. The number of rotatable bonds is 2. The van der Waals surface area contributed by atoms with E-state index in [2.05, 4.69) is 13.8 Å². The molecule has 60 valence electrons. The summed E-state index contributed by atoms with van der Waals surface area (Å²) in [5.74, 6) is 0.806. The minimum absolute atomic E-state index is 0.376. The summed E-state index contributed by atoms with van der Waals surface area (Å²) in [7, 11) is 0. The third-order valence-corrected chi connectivity index (χ3v) is 2.61. The van der Waals surface area contributed by atoms with Crippen molar-refractivity contribution in [3.8, 4) is 0 Å². The van der Waals surface area contributed by atoms with Crippen LogP contribution in [0.3, 0.4) is 0 Å². The van der Waals surface area contributed by atoms with Crippen molar-refractivity contribution in [1.82, 2.24) is 0 Å². The molecular weight excluding hydrogens is 124 g/mol. The Hall–Kier alpha value is -0.0400. The van der Waals surface area contributed by atoms with Crippen LogP contribution in [-0.2, 0) is 0 Å². The lowest BCUT2D eigenvalue weighted by Crippen LogP contribution is -2.05. The zero-order valence-corrected chi connectivity index (χ0v) is 7.06. The van der Waals surface area contributed by atoms with Gasteiger partial charge in [-0.3, -0.25) is 0 Å². The fourth-order valence-electron chi connectivity index (χ4n) is 2.01. The van der Waals surface area contributed by atoms with E-state index in [4.69, 9.17) is 5.11 Å². The van der Waals surface area contributed by atoms with Crippen molar-refractivity contribution in [2.24, 2.45) is 11.3 Å². The maximum Gasteiger partial charge on any atom is 0.0433 e. The van der Waals surface area contributed by atoms with Crippen molar-refractivity contribution in [2.45, 2.75) is 39.5 Å². The average Bonchev–Trinajstić information content (AvgIpc) is 2.12. The molecule has 0 amide bonds. The van der Waals surface area contributed by atoms with E-state index in [1.54, 1.807) is 0 Å². The standard InChI is InChI=1S/C9H18O/c1-9(2)5-3-8(7-9)4-6-10/h8,10H,3-7H2,1-2H3/t8-/m0/s1. The number of aliphatic hydroxyl groups excluding tert-OH is 1. The molecule has 1 nitrogen and oxygen atoms in total. The van der Waals surface area contributed by atoms with Gasteiger partial charge in [-0.2, -0.15) is 0 Å². The minimum Gasteiger partial charge on any atom is -0.396 e. The monoisotopic (exact) mass is 142 g/mol. The van der Waals surface area contributed by atoms with Crippen LogP contribution in [0.2, 0.25) is 0 Å². The highest BCUT2D eigenvalue weighted by molar-refractivity contribution is 4.81. The van der Waals surface area contributed by atoms with Crippen molar-refractivity contribution in [3.05, 3.63) is 0 Å². The number of hydrogen-bond acceptors (Lipinski definition) is 1. The van der Waals surface area contributed by atoms with Crippen molar-refractivity contribution < 1.29 is 5.11 Å². The highest BCUT2D eigenvalue weighted by Gasteiger charge is 2.29. The lowest BCUT2D eigenvalue weighted by atomic mass is 9.90. The normalized spacial score (nSPS) is 30.9. The Bertz CT molecular complexity index is 107. The van der Waals surface area contributed by atoms with E-state index >= 15 is 0 Å². The summed E-state index contributed by atoms with van der Waals surface area (Å²) in [5, 5.41) is 8.70. The van der Waals surface area contributed by atoms with E-state index in [1.165, 1.54) is 19.3 Å². The fraction of sp³-hybridized carbons (Fsp3) is 1.00. The number of hydrogen-bond donors (Lipinski definition) is 1. The van der Waals surface area contributed by atoms with Gasteiger partial charge in [0.25, 0.3) is 0 Å². The molecule has 1 atom stereocenters. The van der Waals surface area contributed by atoms with Crippen LogP contribution in [0.4, 0.5) is 0 Å². The van der Waals surface area contributed by atoms with Gasteiger partial charge in [0.15, 0.2) is 0 Å². The Morgan fingerprint density at radius 3 is 2.60 bits per heavy atom. The first-order valence-corrected chi connectivity index (χ1v) is 4.25. The molecule has 1 fully saturated rings. The Morgan fingerprint density at radius 2 is 2.20 bits per heavy atom. The summed E-state index contributed by atoms with van der Waals surface area (Å²) in [5.41, 5.74) is 0.555. The second-order valence-corrected chi connectivity index (χ2v) is 4.29. The van der Waals surface area contributed by atoms with Gasteiger partial charge in [-0.1, -0.05) is 13.8 Å². The van der Waals surface area contributed by atoms with Crippen LogP contribution >= 0.6 is 0 Å². The molecule has 0 bridgehead atoms. The van der Waals surface area contributed by atoms with E-state index in [9.17, 15) is 0 Å². The summed E-state index contributed by atoms with van der Waals surface area (Å²) >= 11 is 0. The van der Waals surface area contributed by atoms with Gasteiger partial charge in [0.1, 0.15) is 0 Å². The molecule has 0 spiro atoms. The summed E-state index contributed by atoms with van der Waals surface area (Å²) in [6, 6.07) is 0. The van der Waals surface area contributed by atoms with Gasteiger partial charge in [-0.05, 0) is 37.0 Å². The van der Waals surface area contributed by atoms with Crippen LogP contribution in [0.15, 0.2) is 0 Å². The van der Waals surface area contributed by atoms with Crippen LogP contribution < -0.4 is 0 Å². The highest BCUT2D eigenvalue weighted by Crippen LogP contribution is 2.41. The van der Waals surface area contributed by atoms with Crippen LogP contribution in [0.5, 0.6) is 0 Å².